The van der Waals surface area contributed by atoms with Gasteiger partial charge in [0.15, 0.2) is 0 Å². The van der Waals surface area contributed by atoms with Crippen molar-refractivity contribution in [3.8, 4) is 11.4 Å². The molecular formula is C35H41N5O2. The van der Waals surface area contributed by atoms with Crippen LogP contribution in [0.25, 0.3) is 5.69 Å². The predicted octanol–water partition coefficient (Wildman–Crippen LogP) is 5.03. The van der Waals surface area contributed by atoms with Crippen molar-refractivity contribution in [3.05, 3.63) is 119 Å². The average Bonchev–Trinajstić information content (AvgIpc) is 3.05. The number of hydrogen-bond acceptors (Lipinski definition) is 6. The predicted molar refractivity (Wildman–Crippen MR) is 169 cm³/mol. The zero-order valence-electron chi connectivity index (χ0n) is 24.4. The van der Waals surface area contributed by atoms with E-state index in [-0.39, 0.29) is 11.7 Å². The van der Waals surface area contributed by atoms with Gasteiger partial charge in [-0.1, -0.05) is 78.9 Å². The Balaban J connectivity index is 1.12. The smallest absolute Gasteiger partial charge is 0.316 e. The molecule has 0 spiro atoms. The molecule has 0 bridgehead atoms. The van der Waals surface area contributed by atoms with Gasteiger partial charge in [0.2, 0.25) is 5.75 Å². The molecule has 2 aliphatic rings. The summed E-state index contributed by atoms with van der Waals surface area (Å²) in [4.78, 5) is 21.2. The maximum absolute atomic E-state index is 13.9. The molecule has 1 aromatic heterocycles. The van der Waals surface area contributed by atoms with E-state index in [0.717, 1.165) is 89.4 Å². The number of anilines is 1. The summed E-state index contributed by atoms with van der Waals surface area (Å²) in [7, 11) is 0. The molecule has 7 heteroatoms. The number of benzene rings is 3. The van der Waals surface area contributed by atoms with Crippen LogP contribution in [0.5, 0.6) is 5.75 Å². The van der Waals surface area contributed by atoms with Gasteiger partial charge in [-0.15, -0.1) is 0 Å². The molecule has 3 heterocycles. The molecule has 2 fully saturated rings. The second kappa shape index (κ2) is 13.8. The van der Waals surface area contributed by atoms with Gasteiger partial charge in [0.25, 0.3) is 0 Å². The van der Waals surface area contributed by atoms with Crippen LogP contribution in [0.3, 0.4) is 0 Å². The summed E-state index contributed by atoms with van der Waals surface area (Å²) in [5.41, 5.74) is 4.12. The van der Waals surface area contributed by atoms with E-state index in [1.807, 2.05) is 36.5 Å². The minimum Gasteiger partial charge on any atom is -0.483 e. The maximum atomic E-state index is 13.9. The highest BCUT2D eigenvalue weighted by Crippen LogP contribution is 2.28. The minimum absolute atomic E-state index is 0.00868. The first kappa shape index (κ1) is 28.2. The lowest BCUT2D eigenvalue weighted by Crippen LogP contribution is -2.47. The normalized spacial score (nSPS) is 16.9. The Morgan fingerprint density at radius 3 is 2.00 bits per heavy atom. The topological polar surface area (TPSA) is 53.8 Å². The minimum atomic E-state index is -0.185. The number of aryl methyl sites for hydroxylation is 1. The standard InChI is InChI=1S/C35H41N5O2/c41-35-34(42-32-18-21-38(22-19-32)28-30-13-6-2-7-14-30)33(27-36-40(35)31-16-8-3-9-17-31)39-25-23-37(24-26-39)20-10-15-29-11-4-1-5-12-29/h1-9,11-14,16-17,27,32H,10,15,18-26,28H2. The van der Waals surface area contributed by atoms with Gasteiger partial charge in [0.05, 0.1) is 11.9 Å². The first-order valence-electron chi connectivity index (χ1n) is 15.3. The number of hydrogen-bond donors (Lipinski definition) is 0. The Kier molecular flexibility index (Phi) is 9.27. The molecule has 0 saturated carbocycles. The first-order valence-corrected chi connectivity index (χ1v) is 15.3. The van der Waals surface area contributed by atoms with E-state index in [9.17, 15) is 4.79 Å². The van der Waals surface area contributed by atoms with Crippen molar-refractivity contribution >= 4 is 5.69 Å². The molecule has 0 N–H and O–H groups in total. The quantitative estimate of drug-likeness (QED) is 0.270. The van der Waals surface area contributed by atoms with Crippen LogP contribution in [0.4, 0.5) is 5.69 Å². The molecule has 0 radical (unpaired) electrons. The SMILES string of the molecule is O=c1c(OC2CCN(Cc3ccccc3)CC2)c(N2CCN(CCCc3ccccc3)CC2)cnn1-c1ccccc1. The molecule has 2 saturated heterocycles. The summed E-state index contributed by atoms with van der Waals surface area (Å²) in [5, 5.41) is 4.60. The third-order valence-electron chi connectivity index (χ3n) is 8.48. The summed E-state index contributed by atoms with van der Waals surface area (Å²) >= 11 is 0. The third kappa shape index (κ3) is 7.09. The second-order valence-electron chi connectivity index (χ2n) is 11.4. The van der Waals surface area contributed by atoms with Gasteiger partial charge < -0.3 is 9.64 Å². The summed E-state index contributed by atoms with van der Waals surface area (Å²) in [5.74, 6) is 0.438. The second-order valence-corrected chi connectivity index (χ2v) is 11.4. The van der Waals surface area contributed by atoms with Gasteiger partial charge in [-0.3, -0.25) is 14.6 Å². The van der Waals surface area contributed by atoms with E-state index < -0.39 is 0 Å². The Hall–Kier alpha value is -3.94. The molecule has 0 atom stereocenters. The van der Waals surface area contributed by atoms with Crippen LogP contribution >= 0.6 is 0 Å². The molecule has 218 valence electrons. The highest BCUT2D eigenvalue weighted by Gasteiger charge is 2.27. The fourth-order valence-electron chi connectivity index (χ4n) is 6.08. The number of aromatic nitrogens is 2. The lowest BCUT2D eigenvalue weighted by molar-refractivity contribution is 0.0953. The van der Waals surface area contributed by atoms with Gasteiger partial charge >= 0.3 is 5.56 Å². The van der Waals surface area contributed by atoms with Crippen LogP contribution in [0.2, 0.25) is 0 Å². The average molecular weight is 564 g/mol. The lowest BCUT2D eigenvalue weighted by atomic mass is 10.1. The van der Waals surface area contributed by atoms with Gasteiger partial charge in [-0.05, 0) is 55.5 Å². The van der Waals surface area contributed by atoms with Crippen molar-refractivity contribution in [1.82, 2.24) is 19.6 Å². The lowest BCUT2D eigenvalue weighted by Gasteiger charge is -2.37. The van der Waals surface area contributed by atoms with Crippen LogP contribution in [0.1, 0.15) is 30.4 Å². The Labute approximate surface area is 249 Å². The third-order valence-corrected chi connectivity index (χ3v) is 8.48. The van der Waals surface area contributed by atoms with Crippen molar-refractivity contribution in [2.45, 2.75) is 38.3 Å². The van der Waals surface area contributed by atoms with Gasteiger partial charge in [0.1, 0.15) is 11.8 Å². The summed E-state index contributed by atoms with van der Waals surface area (Å²) < 4.78 is 8.09. The van der Waals surface area contributed by atoms with Crippen molar-refractivity contribution in [2.75, 3.05) is 50.7 Å². The first-order chi connectivity index (χ1) is 20.7. The van der Waals surface area contributed by atoms with E-state index in [0.29, 0.717) is 5.75 Å². The number of piperidine rings is 1. The van der Waals surface area contributed by atoms with Crippen molar-refractivity contribution in [2.24, 2.45) is 0 Å². The van der Waals surface area contributed by atoms with Gasteiger partial charge in [0, 0.05) is 45.8 Å². The van der Waals surface area contributed by atoms with Gasteiger partial charge in [-0.25, -0.2) is 0 Å². The number of nitrogens with zero attached hydrogens (tertiary/aromatic N) is 5. The van der Waals surface area contributed by atoms with Crippen LogP contribution in [0, 0.1) is 0 Å². The van der Waals surface area contributed by atoms with E-state index in [2.05, 4.69) is 80.5 Å². The van der Waals surface area contributed by atoms with Crippen LogP contribution < -0.4 is 15.2 Å². The highest BCUT2D eigenvalue weighted by molar-refractivity contribution is 5.57. The van der Waals surface area contributed by atoms with E-state index >= 15 is 0 Å². The zero-order valence-corrected chi connectivity index (χ0v) is 24.4. The van der Waals surface area contributed by atoms with E-state index in [4.69, 9.17) is 4.74 Å². The molecule has 3 aromatic carbocycles. The van der Waals surface area contributed by atoms with Crippen LogP contribution in [-0.2, 0) is 13.0 Å². The summed E-state index contributed by atoms with van der Waals surface area (Å²) in [6.45, 7) is 7.58. The molecular weight excluding hydrogens is 522 g/mol. The molecule has 4 aromatic rings. The summed E-state index contributed by atoms with van der Waals surface area (Å²) in [6.07, 6.45) is 5.89. The number of rotatable bonds is 10. The van der Waals surface area contributed by atoms with Crippen molar-refractivity contribution in [3.63, 3.8) is 0 Å². The fraction of sp³-hybridized carbons (Fsp3) is 0.371. The molecule has 2 aliphatic heterocycles. The maximum Gasteiger partial charge on any atom is 0.316 e. The molecule has 6 rings (SSSR count). The Bertz CT molecular complexity index is 1450. The Morgan fingerprint density at radius 2 is 1.33 bits per heavy atom. The number of para-hydroxylation sites is 1. The van der Waals surface area contributed by atoms with E-state index in [1.165, 1.54) is 15.8 Å². The fourth-order valence-corrected chi connectivity index (χ4v) is 6.08. The van der Waals surface area contributed by atoms with Crippen molar-refractivity contribution in [1.29, 1.82) is 0 Å². The zero-order chi connectivity index (χ0) is 28.6. The molecule has 0 unspecified atom stereocenters. The van der Waals surface area contributed by atoms with Crippen LogP contribution in [0.15, 0.2) is 102 Å². The molecule has 7 nitrogen and oxygen atoms in total. The Morgan fingerprint density at radius 1 is 0.714 bits per heavy atom. The van der Waals surface area contributed by atoms with E-state index in [1.54, 1.807) is 0 Å². The number of ether oxygens (including phenoxy) is 1. The molecule has 0 amide bonds. The summed E-state index contributed by atoms with van der Waals surface area (Å²) in [6, 6.07) is 30.9. The van der Waals surface area contributed by atoms with Crippen LogP contribution in [-0.4, -0.2) is 71.5 Å². The largest absolute Gasteiger partial charge is 0.483 e. The highest BCUT2D eigenvalue weighted by atomic mass is 16.5. The molecule has 0 aliphatic carbocycles. The number of piperazine rings is 1. The molecule has 42 heavy (non-hydrogen) atoms. The van der Waals surface area contributed by atoms with Crippen molar-refractivity contribution < 1.29 is 4.74 Å². The monoisotopic (exact) mass is 563 g/mol. The number of likely N-dealkylation sites (tertiary alicyclic amines) is 1. The van der Waals surface area contributed by atoms with Gasteiger partial charge in [-0.2, -0.15) is 9.78 Å².